The number of fused-ring (bicyclic) bond motifs is 1. The number of benzene rings is 1. The molecule has 1 fully saturated rings. The van der Waals surface area contributed by atoms with Crippen LogP contribution in [-0.2, 0) is 22.5 Å². The van der Waals surface area contributed by atoms with Gasteiger partial charge >= 0.3 is 0 Å². The number of nitrogens with zero attached hydrogens (tertiary/aromatic N) is 3. The van der Waals surface area contributed by atoms with Gasteiger partial charge in [0.2, 0.25) is 5.91 Å². The molecular formula is C19H28N4O2. The van der Waals surface area contributed by atoms with Crippen LogP contribution < -0.4 is 5.32 Å². The van der Waals surface area contributed by atoms with Gasteiger partial charge in [-0.15, -0.1) is 0 Å². The normalized spacial score (nSPS) is 21.1. The van der Waals surface area contributed by atoms with Crippen LogP contribution in [0.1, 0.15) is 26.1 Å². The number of likely N-dealkylation sites (tertiary alicyclic amines) is 1. The molecule has 1 aromatic carbocycles. The van der Waals surface area contributed by atoms with Crippen LogP contribution in [0.15, 0.2) is 24.3 Å². The number of rotatable bonds is 7. The van der Waals surface area contributed by atoms with Crippen molar-refractivity contribution < 1.29 is 9.53 Å². The molecule has 0 radical (unpaired) electrons. The molecule has 0 spiro atoms. The van der Waals surface area contributed by atoms with Crippen molar-refractivity contribution in [2.75, 3.05) is 26.7 Å². The molecule has 2 aromatic rings. The Bertz CT molecular complexity index is 727. The summed E-state index contributed by atoms with van der Waals surface area (Å²) in [7, 11) is 2.06. The monoisotopic (exact) mass is 344 g/mol. The maximum Gasteiger partial charge on any atom is 0.222 e. The Morgan fingerprint density at radius 2 is 2.12 bits per heavy atom. The number of carbonyl (C=O) groups excluding carboxylic acids is 1. The van der Waals surface area contributed by atoms with E-state index in [4.69, 9.17) is 4.74 Å². The van der Waals surface area contributed by atoms with Crippen LogP contribution in [0.3, 0.4) is 0 Å². The van der Waals surface area contributed by atoms with E-state index in [-0.39, 0.29) is 18.1 Å². The van der Waals surface area contributed by atoms with Gasteiger partial charge < -0.3 is 19.5 Å². The fraction of sp³-hybridized carbons (Fsp3) is 0.579. The number of imidazole rings is 1. The van der Waals surface area contributed by atoms with Gasteiger partial charge in [0, 0.05) is 39.1 Å². The number of aromatic nitrogens is 2. The minimum absolute atomic E-state index is 0.0719. The first-order valence-corrected chi connectivity index (χ1v) is 9.16. The standard InChI is InChI=1S/C19H28N4O2/c1-4-18-20-14-8-6-7-9-16(14)23(18)11-10-19(24)21-15-12-22(3)13-17(15)25-5-2/h6-9,15,17H,4-5,10-13H2,1-3H3,(H,21,24)/t15-,17-/m0/s1. The van der Waals surface area contributed by atoms with Crippen molar-refractivity contribution in [3.63, 3.8) is 0 Å². The Morgan fingerprint density at radius 1 is 1.32 bits per heavy atom. The minimum atomic E-state index is 0.0719. The first-order chi connectivity index (χ1) is 12.1. The first kappa shape index (κ1) is 17.9. The minimum Gasteiger partial charge on any atom is -0.375 e. The fourth-order valence-corrected chi connectivity index (χ4v) is 3.62. The molecule has 0 bridgehead atoms. The predicted molar refractivity (Wildman–Crippen MR) is 98.6 cm³/mol. The van der Waals surface area contributed by atoms with Crippen molar-refractivity contribution in [3.8, 4) is 0 Å². The van der Waals surface area contributed by atoms with Gasteiger partial charge in [-0.3, -0.25) is 4.79 Å². The molecule has 1 saturated heterocycles. The third kappa shape index (κ3) is 4.02. The highest BCUT2D eigenvalue weighted by Gasteiger charge is 2.32. The zero-order chi connectivity index (χ0) is 17.8. The van der Waals surface area contributed by atoms with Crippen LogP contribution in [0.25, 0.3) is 11.0 Å². The zero-order valence-electron chi connectivity index (χ0n) is 15.4. The Kier molecular flexibility index (Phi) is 5.71. The topological polar surface area (TPSA) is 59.4 Å². The number of nitrogens with one attached hydrogen (secondary N) is 1. The Morgan fingerprint density at radius 3 is 2.88 bits per heavy atom. The second-order valence-electron chi connectivity index (χ2n) is 6.66. The molecule has 1 aliphatic rings. The van der Waals surface area contributed by atoms with E-state index < -0.39 is 0 Å². The molecule has 2 heterocycles. The molecule has 0 aliphatic carbocycles. The number of amides is 1. The SMILES string of the molecule is CCO[C@H]1CN(C)C[C@@H]1NC(=O)CCn1c(CC)nc2ccccc21. The summed E-state index contributed by atoms with van der Waals surface area (Å²) in [4.78, 5) is 19.3. The largest absolute Gasteiger partial charge is 0.375 e. The number of hydrogen-bond acceptors (Lipinski definition) is 4. The summed E-state index contributed by atoms with van der Waals surface area (Å²) in [5, 5.41) is 3.15. The lowest BCUT2D eigenvalue weighted by Crippen LogP contribution is -2.44. The molecule has 6 heteroatoms. The molecule has 2 atom stereocenters. The van der Waals surface area contributed by atoms with E-state index in [0.29, 0.717) is 19.6 Å². The van der Waals surface area contributed by atoms with Crippen molar-refractivity contribution in [1.29, 1.82) is 0 Å². The van der Waals surface area contributed by atoms with Crippen molar-refractivity contribution in [2.24, 2.45) is 0 Å². The average Bonchev–Trinajstić information content (AvgIpc) is 3.13. The number of likely N-dealkylation sites (N-methyl/N-ethyl adjacent to an activating group) is 1. The summed E-state index contributed by atoms with van der Waals surface area (Å²) in [6, 6.07) is 8.17. The number of para-hydroxylation sites is 2. The smallest absolute Gasteiger partial charge is 0.222 e. The van der Waals surface area contributed by atoms with E-state index in [2.05, 4.69) is 39.8 Å². The average molecular weight is 344 g/mol. The lowest BCUT2D eigenvalue weighted by Gasteiger charge is -2.20. The van der Waals surface area contributed by atoms with E-state index >= 15 is 0 Å². The third-order valence-electron chi connectivity index (χ3n) is 4.79. The number of hydrogen-bond donors (Lipinski definition) is 1. The number of ether oxygens (including phenoxy) is 1. The highest BCUT2D eigenvalue weighted by molar-refractivity contribution is 5.78. The van der Waals surface area contributed by atoms with Crippen LogP contribution in [0.4, 0.5) is 0 Å². The Balaban J connectivity index is 1.63. The van der Waals surface area contributed by atoms with E-state index in [1.165, 1.54) is 0 Å². The van der Waals surface area contributed by atoms with Crippen LogP contribution in [0, 0.1) is 0 Å². The van der Waals surface area contributed by atoms with Gasteiger partial charge in [0.15, 0.2) is 0 Å². The zero-order valence-corrected chi connectivity index (χ0v) is 15.4. The van der Waals surface area contributed by atoms with Crippen LogP contribution in [0.5, 0.6) is 0 Å². The van der Waals surface area contributed by atoms with Gasteiger partial charge in [0.1, 0.15) is 5.82 Å². The summed E-state index contributed by atoms with van der Waals surface area (Å²) < 4.78 is 7.92. The highest BCUT2D eigenvalue weighted by atomic mass is 16.5. The Hall–Kier alpha value is -1.92. The van der Waals surface area contributed by atoms with Gasteiger partial charge in [-0.2, -0.15) is 0 Å². The summed E-state index contributed by atoms with van der Waals surface area (Å²) in [6.45, 7) is 7.12. The van der Waals surface area contributed by atoms with Gasteiger partial charge in [-0.1, -0.05) is 19.1 Å². The maximum absolute atomic E-state index is 12.5. The molecule has 0 saturated carbocycles. The van der Waals surface area contributed by atoms with E-state index in [1.807, 2.05) is 25.1 Å². The van der Waals surface area contributed by atoms with Crippen LogP contribution in [-0.4, -0.2) is 59.2 Å². The molecular weight excluding hydrogens is 316 g/mol. The summed E-state index contributed by atoms with van der Waals surface area (Å²) in [6.07, 6.45) is 1.39. The molecule has 3 rings (SSSR count). The maximum atomic E-state index is 12.5. The fourth-order valence-electron chi connectivity index (χ4n) is 3.62. The van der Waals surface area contributed by atoms with Gasteiger partial charge in [0.05, 0.1) is 23.2 Å². The molecule has 1 N–H and O–H groups in total. The van der Waals surface area contributed by atoms with Gasteiger partial charge in [-0.05, 0) is 26.1 Å². The summed E-state index contributed by atoms with van der Waals surface area (Å²) in [5.41, 5.74) is 2.09. The lowest BCUT2D eigenvalue weighted by atomic mass is 10.2. The van der Waals surface area contributed by atoms with Crippen molar-refractivity contribution in [1.82, 2.24) is 19.8 Å². The third-order valence-corrected chi connectivity index (χ3v) is 4.79. The second-order valence-corrected chi connectivity index (χ2v) is 6.66. The molecule has 136 valence electrons. The van der Waals surface area contributed by atoms with Crippen molar-refractivity contribution >= 4 is 16.9 Å². The Labute approximate surface area is 149 Å². The first-order valence-electron chi connectivity index (χ1n) is 9.16. The van der Waals surface area contributed by atoms with E-state index in [1.54, 1.807) is 0 Å². The van der Waals surface area contributed by atoms with E-state index in [9.17, 15) is 4.79 Å². The second kappa shape index (κ2) is 7.97. The van der Waals surface area contributed by atoms with Crippen molar-refractivity contribution in [2.45, 2.75) is 45.4 Å². The highest BCUT2D eigenvalue weighted by Crippen LogP contribution is 2.17. The quantitative estimate of drug-likeness (QED) is 0.832. The van der Waals surface area contributed by atoms with Gasteiger partial charge in [-0.25, -0.2) is 4.98 Å². The van der Waals surface area contributed by atoms with Gasteiger partial charge in [0.25, 0.3) is 0 Å². The number of carbonyl (C=O) groups is 1. The van der Waals surface area contributed by atoms with Crippen LogP contribution >= 0.6 is 0 Å². The molecule has 1 aromatic heterocycles. The van der Waals surface area contributed by atoms with Crippen molar-refractivity contribution in [3.05, 3.63) is 30.1 Å². The summed E-state index contributed by atoms with van der Waals surface area (Å²) in [5.74, 6) is 1.10. The summed E-state index contributed by atoms with van der Waals surface area (Å²) >= 11 is 0. The molecule has 1 aliphatic heterocycles. The lowest BCUT2D eigenvalue weighted by molar-refractivity contribution is -0.122. The molecule has 6 nitrogen and oxygen atoms in total. The predicted octanol–water partition coefficient (Wildman–Crippen LogP) is 1.82. The van der Waals surface area contributed by atoms with Crippen LogP contribution in [0.2, 0.25) is 0 Å². The van der Waals surface area contributed by atoms with E-state index in [0.717, 1.165) is 36.4 Å². The number of aryl methyl sites for hydroxylation is 2. The molecule has 0 unspecified atom stereocenters. The molecule has 1 amide bonds. The molecule has 25 heavy (non-hydrogen) atoms.